The average molecular weight is 449 g/mol. The van der Waals surface area contributed by atoms with Crippen molar-refractivity contribution < 1.29 is 13.2 Å². The molecule has 25 heavy (non-hydrogen) atoms. The molecular formula is C16H10BrClF3N3S. The number of anilines is 1. The Morgan fingerprint density at radius 3 is 2.72 bits per heavy atom. The molecule has 1 aliphatic heterocycles. The van der Waals surface area contributed by atoms with Crippen molar-refractivity contribution in [1.29, 1.82) is 0 Å². The zero-order chi connectivity index (χ0) is 17.8. The van der Waals surface area contributed by atoms with Crippen LogP contribution >= 0.6 is 38.9 Å². The smallest absolute Gasteiger partial charge is 0.369 e. The van der Waals surface area contributed by atoms with Crippen LogP contribution in [0.4, 0.5) is 19.0 Å². The van der Waals surface area contributed by atoms with Crippen LogP contribution in [0.3, 0.4) is 0 Å². The van der Waals surface area contributed by atoms with Gasteiger partial charge in [-0.15, -0.1) is 11.3 Å². The van der Waals surface area contributed by atoms with Crippen LogP contribution in [0.15, 0.2) is 34.1 Å². The van der Waals surface area contributed by atoms with Gasteiger partial charge in [0.1, 0.15) is 11.5 Å². The van der Waals surface area contributed by atoms with E-state index in [2.05, 4.69) is 26.3 Å². The van der Waals surface area contributed by atoms with Crippen LogP contribution in [-0.2, 0) is 12.6 Å². The highest BCUT2D eigenvalue weighted by Crippen LogP contribution is 2.41. The van der Waals surface area contributed by atoms with E-state index in [1.807, 2.05) is 12.1 Å². The van der Waals surface area contributed by atoms with Crippen molar-refractivity contribution in [2.24, 2.45) is 0 Å². The van der Waals surface area contributed by atoms with Crippen LogP contribution in [0, 0.1) is 0 Å². The molecule has 3 nitrogen and oxygen atoms in total. The predicted molar refractivity (Wildman–Crippen MR) is 96.8 cm³/mol. The van der Waals surface area contributed by atoms with E-state index in [0.717, 1.165) is 26.7 Å². The largest absolute Gasteiger partial charge is 0.418 e. The molecule has 3 heterocycles. The first-order valence-electron chi connectivity index (χ1n) is 7.33. The van der Waals surface area contributed by atoms with E-state index in [0.29, 0.717) is 18.1 Å². The van der Waals surface area contributed by atoms with Gasteiger partial charge >= 0.3 is 6.18 Å². The molecule has 0 spiro atoms. The highest BCUT2D eigenvalue weighted by Gasteiger charge is 2.36. The number of hydrogen-bond acceptors (Lipinski definition) is 3. The zero-order valence-corrected chi connectivity index (χ0v) is 15.7. The Bertz CT molecular complexity index is 964. The zero-order valence-electron chi connectivity index (χ0n) is 12.5. The molecule has 0 bridgehead atoms. The molecule has 1 N–H and O–H groups in total. The van der Waals surface area contributed by atoms with Crippen molar-refractivity contribution in [3.63, 3.8) is 0 Å². The van der Waals surface area contributed by atoms with Crippen molar-refractivity contribution in [3.05, 3.63) is 50.3 Å². The molecule has 2 aromatic heterocycles. The molecule has 0 radical (unpaired) electrons. The van der Waals surface area contributed by atoms with E-state index in [1.54, 1.807) is 0 Å². The average Bonchev–Trinajstić information content (AvgIpc) is 3.22. The van der Waals surface area contributed by atoms with Gasteiger partial charge in [0.15, 0.2) is 0 Å². The molecule has 1 aromatic carbocycles. The standard InChI is InChI=1S/C16H10BrClF3N3S/c17-13-4-3-12(25-13)14-9-5-6-22-15(9)24(23-14)11-2-1-8(18)7-10(11)16(19,20)21/h1-4,7,22H,5-6H2. The lowest BCUT2D eigenvalue weighted by molar-refractivity contribution is -0.137. The van der Waals surface area contributed by atoms with Crippen LogP contribution in [0.5, 0.6) is 0 Å². The van der Waals surface area contributed by atoms with E-state index >= 15 is 0 Å². The Labute approximate surface area is 158 Å². The van der Waals surface area contributed by atoms with Crippen molar-refractivity contribution in [3.8, 4) is 16.3 Å². The Morgan fingerprint density at radius 2 is 2.04 bits per heavy atom. The van der Waals surface area contributed by atoms with Gasteiger partial charge in [0.25, 0.3) is 0 Å². The van der Waals surface area contributed by atoms with Crippen molar-refractivity contribution >= 4 is 44.7 Å². The van der Waals surface area contributed by atoms with Gasteiger partial charge in [-0.1, -0.05) is 11.6 Å². The summed E-state index contributed by atoms with van der Waals surface area (Å²) >= 11 is 10.7. The summed E-state index contributed by atoms with van der Waals surface area (Å²) in [6.07, 6.45) is -3.81. The predicted octanol–water partition coefficient (Wildman–Crippen LogP) is 6.00. The molecule has 0 unspecified atom stereocenters. The van der Waals surface area contributed by atoms with Gasteiger partial charge in [-0.3, -0.25) is 0 Å². The van der Waals surface area contributed by atoms with Gasteiger partial charge < -0.3 is 5.32 Å². The number of nitrogens with zero attached hydrogens (tertiary/aromatic N) is 2. The summed E-state index contributed by atoms with van der Waals surface area (Å²) < 4.78 is 42.7. The third-order valence-corrected chi connectivity index (χ3v) is 5.82. The molecule has 1 aliphatic rings. The molecule has 0 aliphatic carbocycles. The maximum atomic E-state index is 13.5. The lowest BCUT2D eigenvalue weighted by Crippen LogP contribution is -2.13. The van der Waals surface area contributed by atoms with Crippen LogP contribution in [0.1, 0.15) is 11.1 Å². The summed E-state index contributed by atoms with van der Waals surface area (Å²) in [5.74, 6) is 0.604. The number of alkyl halides is 3. The lowest BCUT2D eigenvalue weighted by atomic mass is 10.1. The van der Waals surface area contributed by atoms with Gasteiger partial charge in [0.2, 0.25) is 0 Å². The molecule has 0 amide bonds. The minimum absolute atomic E-state index is 0.0373. The fraction of sp³-hybridized carbons (Fsp3) is 0.188. The second-order valence-corrected chi connectivity index (χ2v) is 8.43. The van der Waals surface area contributed by atoms with Gasteiger partial charge in [0.05, 0.1) is 19.9 Å². The quantitative estimate of drug-likeness (QED) is 0.521. The molecule has 0 saturated heterocycles. The van der Waals surface area contributed by atoms with Gasteiger partial charge in [-0.25, -0.2) is 4.68 Å². The van der Waals surface area contributed by atoms with Crippen molar-refractivity contribution in [2.45, 2.75) is 12.6 Å². The lowest BCUT2D eigenvalue weighted by Gasteiger charge is -2.15. The summed E-state index contributed by atoms with van der Waals surface area (Å²) in [4.78, 5) is 0.910. The first-order valence-corrected chi connectivity index (χ1v) is 9.32. The Hall–Kier alpha value is -1.51. The highest BCUT2D eigenvalue weighted by atomic mass is 79.9. The fourth-order valence-electron chi connectivity index (χ4n) is 2.91. The number of aromatic nitrogens is 2. The summed E-state index contributed by atoms with van der Waals surface area (Å²) in [7, 11) is 0. The third-order valence-electron chi connectivity index (χ3n) is 3.95. The minimum atomic E-state index is -4.52. The van der Waals surface area contributed by atoms with Gasteiger partial charge in [0, 0.05) is 17.1 Å². The third kappa shape index (κ3) is 2.96. The van der Waals surface area contributed by atoms with Crippen LogP contribution < -0.4 is 5.32 Å². The Kier molecular flexibility index (Phi) is 4.09. The SMILES string of the molecule is FC(F)(F)c1cc(Cl)ccc1-n1nc(-c2ccc(Br)s2)c2c1NCC2. The van der Waals surface area contributed by atoms with Crippen LogP contribution in [0.2, 0.25) is 5.02 Å². The minimum Gasteiger partial charge on any atom is -0.369 e. The van der Waals surface area contributed by atoms with Gasteiger partial charge in [-0.05, 0) is 52.7 Å². The first-order chi connectivity index (χ1) is 11.8. The van der Waals surface area contributed by atoms with Crippen LogP contribution in [-0.4, -0.2) is 16.3 Å². The Morgan fingerprint density at radius 1 is 1.24 bits per heavy atom. The maximum absolute atomic E-state index is 13.5. The Balaban J connectivity index is 1.94. The van der Waals surface area contributed by atoms with Crippen molar-refractivity contribution in [1.82, 2.24) is 9.78 Å². The molecule has 0 saturated carbocycles. The summed E-state index contributed by atoms with van der Waals surface area (Å²) in [6, 6.07) is 7.54. The molecule has 130 valence electrons. The number of nitrogens with one attached hydrogen (secondary N) is 1. The van der Waals surface area contributed by atoms with E-state index in [1.165, 1.54) is 28.2 Å². The first kappa shape index (κ1) is 16.9. The normalized spacial score (nSPS) is 13.8. The molecule has 9 heteroatoms. The molecule has 0 atom stereocenters. The summed E-state index contributed by atoms with van der Waals surface area (Å²) in [5, 5.41) is 7.68. The van der Waals surface area contributed by atoms with Gasteiger partial charge in [-0.2, -0.15) is 18.3 Å². The highest BCUT2D eigenvalue weighted by molar-refractivity contribution is 9.11. The van der Waals surface area contributed by atoms with Crippen molar-refractivity contribution in [2.75, 3.05) is 11.9 Å². The second-order valence-electron chi connectivity index (χ2n) is 5.53. The summed E-state index contributed by atoms with van der Waals surface area (Å²) in [6.45, 7) is 0.668. The molecule has 0 fully saturated rings. The number of fused-ring (bicyclic) bond motifs is 1. The topological polar surface area (TPSA) is 29.9 Å². The monoisotopic (exact) mass is 447 g/mol. The molecule has 4 rings (SSSR count). The number of rotatable bonds is 2. The van der Waals surface area contributed by atoms with E-state index in [9.17, 15) is 13.2 Å². The van der Waals surface area contributed by atoms with Crippen LogP contribution in [0.25, 0.3) is 16.3 Å². The van der Waals surface area contributed by atoms with E-state index in [4.69, 9.17) is 11.6 Å². The number of halogens is 5. The fourth-order valence-corrected chi connectivity index (χ4v) is 4.48. The molecular weight excluding hydrogens is 439 g/mol. The molecule has 3 aromatic rings. The number of hydrogen-bond donors (Lipinski definition) is 1. The number of benzene rings is 1. The summed E-state index contributed by atoms with van der Waals surface area (Å²) in [5.41, 5.74) is 0.790. The van der Waals surface area contributed by atoms with E-state index < -0.39 is 11.7 Å². The maximum Gasteiger partial charge on any atom is 0.418 e. The van der Waals surface area contributed by atoms with E-state index in [-0.39, 0.29) is 10.7 Å². The second kappa shape index (κ2) is 6.03. The number of thiophene rings is 1.